The molecule has 1 heterocycles. The number of ether oxygens (including phenoxy) is 2. The van der Waals surface area contributed by atoms with Crippen LogP contribution in [0.25, 0.3) is 10.9 Å². The second-order valence-electron chi connectivity index (χ2n) is 6.67. The van der Waals surface area contributed by atoms with Gasteiger partial charge in [0.05, 0.1) is 12.1 Å². The number of aromatic nitrogens is 1. The number of aryl methyl sites for hydroxylation is 2. The molecular weight excluding hydrogens is 370 g/mol. The van der Waals surface area contributed by atoms with Crippen LogP contribution in [0, 0.1) is 13.8 Å². The van der Waals surface area contributed by atoms with Gasteiger partial charge in [-0.2, -0.15) is 0 Å². The highest BCUT2D eigenvalue weighted by Crippen LogP contribution is 2.38. The highest BCUT2D eigenvalue weighted by Gasteiger charge is 2.16. The first-order valence-corrected chi connectivity index (χ1v) is 9.53. The van der Waals surface area contributed by atoms with Gasteiger partial charge in [-0.3, -0.25) is 4.79 Å². The summed E-state index contributed by atoms with van der Waals surface area (Å²) in [6.07, 6.45) is 0. The third kappa shape index (κ3) is 4.81. The van der Waals surface area contributed by atoms with Crippen molar-refractivity contribution in [2.75, 3.05) is 19.8 Å². The normalized spacial score (nSPS) is 11.4. The van der Waals surface area contributed by atoms with Gasteiger partial charge in [-0.25, -0.2) is 0 Å². The Morgan fingerprint density at radius 2 is 1.93 bits per heavy atom. The van der Waals surface area contributed by atoms with E-state index in [-0.39, 0.29) is 18.2 Å². The molecular formula is C22H25N3O4. The Bertz CT molecular complexity index is 1040. The van der Waals surface area contributed by atoms with Crippen LogP contribution in [0.4, 0.5) is 5.69 Å². The van der Waals surface area contributed by atoms with Gasteiger partial charge < -0.3 is 19.1 Å². The maximum atomic E-state index is 12.1. The lowest BCUT2D eigenvalue weighted by Gasteiger charge is -2.06. The van der Waals surface area contributed by atoms with Gasteiger partial charge in [-0.15, -0.1) is 10.2 Å². The molecule has 1 amide bonds. The molecule has 3 rings (SSSR count). The van der Waals surface area contributed by atoms with Crippen LogP contribution >= 0.6 is 0 Å². The lowest BCUT2D eigenvalue weighted by atomic mass is 10.1. The zero-order chi connectivity index (χ0) is 20.8. The predicted molar refractivity (Wildman–Crippen MR) is 111 cm³/mol. The summed E-state index contributed by atoms with van der Waals surface area (Å²) in [5, 5.41) is 19.1. The maximum absolute atomic E-state index is 12.1. The molecule has 0 aliphatic carbocycles. The van der Waals surface area contributed by atoms with E-state index in [2.05, 4.69) is 10.2 Å². The van der Waals surface area contributed by atoms with Crippen molar-refractivity contribution >= 4 is 22.5 Å². The minimum Gasteiger partial charge on any atom is -0.493 e. The van der Waals surface area contributed by atoms with Crippen molar-refractivity contribution in [3.05, 3.63) is 53.6 Å². The fraction of sp³-hybridized carbons (Fsp3) is 0.318. The predicted octanol–water partition coefficient (Wildman–Crippen LogP) is 4.69. The van der Waals surface area contributed by atoms with Crippen molar-refractivity contribution < 1.29 is 19.4 Å². The van der Waals surface area contributed by atoms with E-state index in [1.807, 2.05) is 63.2 Å². The van der Waals surface area contributed by atoms with Crippen molar-refractivity contribution in [1.29, 1.82) is 0 Å². The number of carbonyl (C=O) groups is 1. The monoisotopic (exact) mass is 395 g/mol. The van der Waals surface area contributed by atoms with Crippen LogP contribution in [0.3, 0.4) is 0 Å². The third-order valence-corrected chi connectivity index (χ3v) is 4.68. The lowest BCUT2D eigenvalue weighted by molar-refractivity contribution is -0.120. The zero-order valence-electron chi connectivity index (χ0n) is 16.9. The van der Waals surface area contributed by atoms with Crippen molar-refractivity contribution in [2.24, 2.45) is 10.2 Å². The van der Waals surface area contributed by atoms with Gasteiger partial charge >= 0.3 is 5.91 Å². The van der Waals surface area contributed by atoms with Crippen molar-refractivity contribution in [1.82, 2.24) is 4.57 Å². The van der Waals surface area contributed by atoms with Crippen LogP contribution in [0.15, 0.2) is 52.7 Å². The van der Waals surface area contributed by atoms with E-state index in [1.54, 1.807) is 4.57 Å². The molecule has 0 radical (unpaired) electrons. The van der Waals surface area contributed by atoms with Crippen molar-refractivity contribution in [3.63, 3.8) is 0 Å². The molecule has 0 saturated heterocycles. The van der Waals surface area contributed by atoms with E-state index < -0.39 is 5.91 Å². The van der Waals surface area contributed by atoms with Gasteiger partial charge in [-0.1, -0.05) is 24.3 Å². The van der Waals surface area contributed by atoms with Crippen LogP contribution in [-0.2, 0) is 16.1 Å². The van der Waals surface area contributed by atoms with Crippen molar-refractivity contribution in [2.45, 2.75) is 27.3 Å². The third-order valence-electron chi connectivity index (χ3n) is 4.68. The first-order chi connectivity index (χ1) is 14.0. The quantitative estimate of drug-likeness (QED) is 0.443. The molecule has 152 valence electrons. The average molecular weight is 395 g/mol. The van der Waals surface area contributed by atoms with Crippen LogP contribution in [-0.4, -0.2) is 35.4 Å². The standard InChI is InChI=1S/C22H25N3O4/c1-4-28-12-11-25-19-8-6-5-7-18(19)21(22(25)27)24-23-20(26)14-29-17-10-9-15(2)16(3)13-17/h5-10,13,27H,4,11-12,14H2,1-3H3. The van der Waals surface area contributed by atoms with E-state index in [0.29, 0.717) is 30.9 Å². The van der Waals surface area contributed by atoms with Gasteiger partial charge in [0, 0.05) is 18.5 Å². The Morgan fingerprint density at radius 1 is 1.14 bits per heavy atom. The Kier molecular flexibility index (Phi) is 6.61. The number of hydrogen-bond acceptors (Lipinski definition) is 5. The molecule has 0 bridgehead atoms. The van der Waals surface area contributed by atoms with E-state index in [9.17, 15) is 9.90 Å². The minimum atomic E-state index is -0.534. The number of aromatic hydroxyl groups is 1. The molecule has 2 aromatic carbocycles. The summed E-state index contributed by atoms with van der Waals surface area (Å²) in [6, 6.07) is 13.1. The van der Waals surface area contributed by atoms with Crippen LogP contribution in [0.2, 0.25) is 0 Å². The summed E-state index contributed by atoms with van der Waals surface area (Å²) in [6.45, 7) is 7.21. The molecule has 3 aromatic rings. The van der Waals surface area contributed by atoms with Crippen LogP contribution in [0.1, 0.15) is 18.1 Å². The van der Waals surface area contributed by atoms with Gasteiger partial charge in [0.1, 0.15) is 5.75 Å². The number of rotatable bonds is 8. The molecule has 0 unspecified atom stereocenters. The summed E-state index contributed by atoms with van der Waals surface area (Å²) in [5.74, 6) is 0.0262. The number of carbonyl (C=O) groups excluding carboxylic acids is 1. The van der Waals surface area contributed by atoms with Gasteiger partial charge in [-0.05, 0) is 50.1 Å². The first-order valence-electron chi connectivity index (χ1n) is 9.53. The Morgan fingerprint density at radius 3 is 2.69 bits per heavy atom. The number of azo groups is 1. The summed E-state index contributed by atoms with van der Waals surface area (Å²) in [4.78, 5) is 12.1. The number of hydrogen-bond donors (Lipinski definition) is 1. The molecule has 29 heavy (non-hydrogen) atoms. The van der Waals surface area contributed by atoms with Crippen LogP contribution < -0.4 is 4.74 Å². The van der Waals surface area contributed by atoms with Crippen molar-refractivity contribution in [3.8, 4) is 11.6 Å². The summed E-state index contributed by atoms with van der Waals surface area (Å²) >= 11 is 0. The van der Waals surface area contributed by atoms with Crippen LogP contribution in [0.5, 0.6) is 11.6 Å². The molecule has 7 nitrogen and oxygen atoms in total. The fourth-order valence-corrected chi connectivity index (χ4v) is 2.98. The summed E-state index contributed by atoms with van der Waals surface area (Å²) in [7, 11) is 0. The molecule has 1 N–H and O–H groups in total. The maximum Gasteiger partial charge on any atom is 0.302 e. The zero-order valence-corrected chi connectivity index (χ0v) is 16.9. The van der Waals surface area contributed by atoms with Gasteiger partial charge in [0.2, 0.25) is 5.88 Å². The van der Waals surface area contributed by atoms with Gasteiger partial charge in [0.25, 0.3) is 0 Å². The molecule has 0 aliphatic heterocycles. The molecule has 0 fully saturated rings. The smallest absolute Gasteiger partial charge is 0.302 e. The molecule has 0 aliphatic rings. The van der Waals surface area contributed by atoms with E-state index in [0.717, 1.165) is 16.6 Å². The minimum absolute atomic E-state index is 0.0440. The SMILES string of the molecule is CCOCCn1c(O)c(N=NC(=O)COc2ccc(C)c(C)c2)c2ccccc21. The average Bonchev–Trinajstić information content (AvgIpc) is 2.99. The number of fused-ring (bicyclic) bond motifs is 1. The van der Waals surface area contributed by atoms with E-state index in [1.165, 1.54) is 0 Å². The highest BCUT2D eigenvalue weighted by atomic mass is 16.5. The molecule has 7 heteroatoms. The molecule has 1 aromatic heterocycles. The second-order valence-corrected chi connectivity index (χ2v) is 6.67. The number of amides is 1. The molecule has 0 saturated carbocycles. The Hall–Kier alpha value is -3.19. The first kappa shape index (κ1) is 20.5. The second kappa shape index (κ2) is 9.34. The summed E-state index contributed by atoms with van der Waals surface area (Å²) in [5.41, 5.74) is 3.30. The summed E-state index contributed by atoms with van der Waals surface area (Å²) < 4.78 is 12.6. The molecule has 0 spiro atoms. The molecule has 0 atom stereocenters. The van der Waals surface area contributed by atoms with Gasteiger partial charge in [0.15, 0.2) is 12.3 Å². The van der Waals surface area contributed by atoms with E-state index >= 15 is 0 Å². The topological polar surface area (TPSA) is 85.4 Å². The number of para-hydroxylation sites is 1. The number of nitrogens with zero attached hydrogens (tertiary/aromatic N) is 3. The lowest BCUT2D eigenvalue weighted by Crippen LogP contribution is -2.08. The van der Waals surface area contributed by atoms with E-state index in [4.69, 9.17) is 9.47 Å². The Labute approximate surface area is 169 Å². The number of benzene rings is 2. The largest absolute Gasteiger partial charge is 0.493 e. The highest BCUT2D eigenvalue weighted by molar-refractivity contribution is 5.95. The fourth-order valence-electron chi connectivity index (χ4n) is 2.98. The Balaban J connectivity index is 1.74.